The van der Waals surface area contributed by atoms with Crippen LogP contribution in [0.25, 0.3) is 0 Å². The van der Waals surface area contributed by atoms with Crippen LogP contribution in [0.2, 0.25) is 0 Å². The van der Waals surface area contributed by atoms with E-state index in [2.05, 4.69) is 0 Å². The Labute approximate surface area is 122 Å². The molecular weight excluding hydrogens is 275 g/mol. The molecule has 0 aliphatic carbocycles. The highest BCUT2D eigenvalue weighted by Crippen LogP contribution is 2.21. The molecule has 0 unspecified atom stereocenters. The number of hydrogen-bond acceptors (Lipinski definition) is 4. The fraction of sp³-hybridized carbons (Fsp3) is 0.467. The highest BCUT2D eigenvalue weighted by atomic mass is 19.1. The van der Waals surface area contributed by atoms with Gasteiger partial charge in [0.25, 0.3) is 5.91 Å². The van der Waals surface area contributed by atoms with Crippen molar-refractivity contribution in [2.45, 2.75) is 19.8 Å². The lowest BCUT2D eigenvalue weighted by Gasteiger charge is -2.31. The Morgan fingerprint density at radius 2 is 2.05 bits per heavy atom. The molecule has 1 fully saturated rings. The summed E-state index contributed by atoms with van der Waals surface area (Å²) in [5.74, 6) is -1.38. The Kier molecular flexibility index (Phi) is 4.77. The van der Waals surface area contributed by atoms with Gasteiger partial charge < -0.3 is 15.4 Å². The molecule has 114 valence electrons. The number of ether oxygens (including phenoxy) is 1. The minimum absolute atomic E-state index is 0.0128. The van der Waals surface area contributed by atoms with Crippen LogP contribution in [0.1, 0.15) is 30.1 Å². The molecule has 0 aromatic heterocycles. The summed E-state index contributed by atoms with van der Waals surface area (Å²) >= 11 is 0. The Hall–Kier alpha value is -2.11. The number of piperidine rings is 1. The summed E-state index contributed by atoms with van der Waals surface area (Å²) in [7, 11) is 0. The number of nitrogens with two attached hydrogens (primary N) is 1. The molecular formula is C15H19FN2O3. The number of likely N-dealkylation sites (tertiary alicyclic amines) is 1. The molecule has 1 aromatic rings. The van der Waals surface area contributed by atoms with Crippen molar-refractivity contribution >= 4 is 17.6 Å². The van der Waals surface area contributed by atoms with Crippen molar-refractivity contribution in [2.75, 3.05) is 25.4 Å². The van der Waals surface area contributed by atoms with Gasteiger partial charge in [0.05, 0.1) is 18.1 Å². The molecule has 1 aliphatic rings. The number of rotatable bonds is 3. The average Bonchev–Trinajstić information content (AvgIpc) is 2.47. The summed E-state index contributed by atoms with van der Waals surface area (Å²) in [4.78, 5) is 25.5. The van der Waals surface area contributed by atoms with E-state index in [9.17, 15) is 14.0 Å². The zero-order valence-electron chi connectivity index (χ0n) is 12.0. The summed E-state index contributed by atoms with van der Waals surface area (Å²) in [6, 6.07) is 4.03. The first kappa shape index (κ1) is 15.3. The minimum atomic E-state index is -0.618. The van der Waals surface area contributed by atoms with Gasteiger partial charge in [-0.3, -0.25) is 9.59 Å². The second kappa shape index (κ2) is 6.56. The Morgan fingerprint density at radius 3 is 2.62 bits per heavy atom. The Bertz CT molecular complexity index is 540. The zero-order valence-corrected chi connectivity index (χ0v) is 12.0. The number of amides is 1. The SMILES string of the molecule is CCOC(=O)C1CCN(C(=O)c2ccc(N)cc2F)CC1. The average molecular weight is 294 g/mol. The highest BCUT2D eigenvalue weighted by Gasteiger charge is 2.29. The van der Waals surface area contributed by atoms with Crippen LogP contribution in [0, 0.1) is 11.7 Å². The molecule has 0 radical (unpaired) electrons. The van der Waals surface area contributed by atoms with E-state index in [0.717, 1.165) is 6.07 Å². The maximum Gasteiger partial charge on any atom is 0.309 e. The van der Waals surface area contributed by atoms with E-state index in [1.165, 1.54) is 12.1 Å². The van der Waals surface area contributed by atoms with Crippen LogP contribution in [0.15, 0.2) is 18.2 Å². The number of nitrogens with zero attached hydrogens (tertiary/aromatic N) is 1. The lowest BCUT2D eigenvalue weighted by Crippen LogP contribution is -2.41. The minimum Gasteiger partial charge on any atom is -0.466 e. The summed E-state index contributed by atoms with van der Waals surface area (Å²) in [5, 5.41) is 0. The monoisotopic (exact) mass is 294 g/mol. The van der Waals surface area contributed by atoms with E-state index in [4.69, 9.17) is 10.5 Å². The number of anilines is 1. The van der Waals surface area contributed by atoms with E-state index in [1.807, 2.05) is 0 Å². The fourth-order valence-corrected chi connectivity index (χ4v) is 2.45. The summed E-state index contributed by atoms with van der Waals surface area (Å²) in [5.41, 5.74) is 5.77. The molecule has 1 aliphatic heterocycles. The normalized spacial score (nSPS) is 15.8. The predicted molar refractivity (Wildman–Crippen MR) is 76.1 cm³/mol. The van der Waals surface area contributed by atoms with Crippen molar-refractivity contribution in [3.05, 3.63) is 29.6 Å². The van der Waals surface area contributed by atoms with Gasteiger partial charge in [-0.25, -0.2) is 4.39 Å². The van der Waals surface area contributed by atoms with Crippen LogP contribution in [0.5, 0.6) is 0 Å². The molecule has 1 saturated heterocycles. The molecule has 2 rings (SSSR count). The first-order valence-electron chi connectivity index (χ1n) is 7.04. The van der Waals surface area contributed by atoms with Crippen LogP contribution in [-0.4, -0.2) is 36.5 Å². The van der Waals surface area contributed by atoms with Gasteiger partial charge in [-0.2, -0.15) is 0 Å². The van der Waals surface area contributed by atoms with Crippen molar-refractivity contribution < 1.29 is 18.7 Å². The Balaban J connectivity index is 1.98. The fourth-order valence-electron chi connectivity index (χ4n) is 2.45. The topological polar surface area (TPSA) is 72.6 Å². The summed E-state index contributed by atoms with van der Waals surface area (Å²) in [6.07, 6.45) is 1.09. The third-order valence-electron chi connectivity index (χ3n) is 3.63. The summed E-state index contributed by atoms with van der Waals surface area (Å²) < 4.78 is 18.7. The van der Waals surface area contributed by atoms with Crippen LogP contribution < -0.4 is 5.73 Å². The maximum absolute atomic E-state index is 13.8. The number of hydrogen-bond donors (Lipinski definition) is 1. The number of carbonyl (C=O) groups excluding carboxylic acids is 2. The maximum atomic E-state index is 13.8. The van der Waals surface area contributed by atoms with Gasteiger partial charge in [0.2, 0.25) is 0 Å². The quantitative estimate of drug-likeness (QED) is 0.682. The first-order valence-corrected chi connectivity index (χ1v) is 7.04. The van der Waals surface area contributed by atoms with E-state index >= 15 is 0 Å². The van der Waals surface area contributed by atoms with Crippen molar-refractivity contribution in [1.82, 2.24) is 4.90 Å². The number of nitrogen functional groups attached to an aromatic ring is 1. The Morgan fingerprint density at radius 1 is 1.38 bits per heavy atom. The number of carbonyl (C=O) groups is 2. The van der Waals surface area contributed by atoms with Crippen LogP contribution in [-0.2, 0) is 9.53 Å². The van der Waals surface area contributed by atoms with Crippen LogP contribution in [0.3, 0.4) is 0 Å². The predicted octanol–water partition coefficient (Wildman–Crippen LogP) is 1.82. The van der Waals surface area contributed by atoms with Gasteiger partial charge in [0.1, 0.15) is 5.82 Å². The van der Waals surface area contributed by atoms with E-state index in [0.29, 0.717) is 32.5 Å². The second-order valence-electron chi connectivity index (χ2n) is 5.06. The lowest BCUT2D eigenvalue weighted by molar-refractivity contribution is -0.149. The largest absolute Gasteiger partial charge is 0.466 e. The van der Waals surface area contributed by atoms with Crippen molar-refractivity contribution in [3.63, 3.8) is 0 Å². The second-order valence-corrected chi connectivity index (χ2v) is 5.06. The smallest absolute Gasteiger partial charge is 0.309 e. The molecule has 0 spiro atoms. The van der Waals surface area contributed by atoms with Gasteiger partial charge in [0.15, 0.2) is 0 Å². The number of halogens is 1. The third kappa shape index (κ3) is 3.51. The highest BCUT2D eigenvalue weighted by molar-refractivity contribution is 5.95. The molecule has 1 amide bonds. The van der Waals surface area contributed by atoms with Crippen LogP contribution >= 0.6 is 0 Å². The van der Waals surface area contributed by atoms with Gasteiger partial charge in [-0.05, 0) is 38.0 Å². The molecule has 0 bridgehead atoms. The van der Waals surface area contributed by atoms with Crippen molar-refractivity contribution in [1.29, 1.82) is 0 Å². The van der Waals surface area contributed by atoms with Gasteiger partial charge in [-0.15, -0.1) is 0 Å². The molecule has 5 nitrogen and oxygen atoms in total. The van der Waals surface area contributed by atoms with Crippen molar-refractivity contribution in [2.24, 2.45) is 5.92 Å². The molecule has 1 heterocycles. The van der Waals surface area contributed by atoms with Gasteiger partial charge in [0, 0.05) is 18.8 Å². The standard InChI is InChI=1S/C15H19FN2O3/c1-2-21-15(20)10-5-7-18(8-6-10)14(19)12-4-3-11(17)9-13(12)16/h3-4,9-10H,2,5-8,17H2,1H3. The lowest BCUT2D eigenvalue weighted by atomic mass is 9.96. The van der Waals surface area contributed by atoms with E-state index < -0.39 is 5.82 Å². The molecule has 0 atom stereocenters. The zero-order chi connectivity index (χ0) is 15.4. The van der Waals surface area contributed by atoms with E-state index in [-0.39, 0.29) is 29.0 Å². The molecule has 0 saturated carbocycles. The van der Waals surface area contributed by atoms with Crippen LogP contribution in [0.4, 0.5) is 10.1 Å². The van der Waals surface area contributed by atoms with Gasteiger partial charge >= 0.3 is 5.97 Å². The molecule has 1 aromatic carbocycles. The van der Waals surface area contributed by atoms with E-state index in [1.54, 1.807) is 11.8 Å². The number of esters is 1. The summed E-state index contributed by atoms with van der Waals surface area (Å²) in [6.45, 7) is 2.97. The molecule has 6 heteroatoms. The molecule has 2 N–H and O–H groups in total. The third-order valence-corrected chi connectivity index (χ3v) is 3.63. The number of benzene rings is 1. The van der Waals surface area contributed by atoms with Gasteiger partial charge in [-0.1, -0.05) is 0 Å². The molecule has 21 heavy (non-hydrogen) atoms. The van der Waals surface area contributed by atoms with Crippen molar-refractivity contribution in [3.8, 4) is 0 Å². The first-order chi connectivity index (χ1) is 10.0.